The zero-order valence-electron chi connectivity index (χ0n) is 28.5. The summed E-state index contributed by atoms with van der Waals surface area (Å²) >= 11 is 1.64. The fraction of sp³-hybridized carbons (Fsp3) is 0.351. The van der Waals surface area contributed by atoms with Gasteiger partial charge in [0.1, 0.15) is 23.4 Å². The van der Waals surface area contributed by atoms with Crippen LogP contribution in [0.2, 0.25) is 0 Å². The lowest BCUT2D eigenvalue weighted by Crippen LogP contribution is -2.51. The molecule has 0 spiro atoms. The summed E-state index contributed by atoms with van der Waals surface area (Å²) < 4.78 is 4.76. The number of rotatable bonds is 8. The molecule has 2 amide bonds. The first kappa shape index (κ1) is 41.3. The third-order valence-electron chi connectivity index (χ3n) is 8.54. The SMILES string of the molecule is COC(=O)N[C@H](C(=O)N1CCCC1c1ncc(-c2ccc(C#CC#Cc3cnc(C4CCCN4)[nH]3)c(Sc3ccccc3)c2)[nH]1)C(C)C.Cl.Cl.Cl. The van der Waals surface area contributed by atoms with E-state index in [1.54, 1.807) is 18.0 Å². The van der Waals surface area contributed by atoms with Crippen LogP contribution in [-0.4, -0.2) is 63.1 Å². The predicted molar refractivity (Wildman–Crippen MR) is 207 cm³/mol. The lowest BCUT2D eigenvalue weighted by molar-refractivity contribution is -0.135. The van der Waals surface area contributed by atoms with Crippen LogP contribution >= 0.6 is 49.0 Å². The lowest BCUT2D eigenvalue weighted by atomic mass is 10.0. The number of carbonyl (C=O) groups is 2. The predicted octanol–water partition coefficient (Wildman–Crippen LogP) is 7.09. The number of alkyl carbamates (subject to hydrolysis) is 1. The van der Waals surface area contributed by atoms with Crippen LogP contribution in [-0.2, 0) is 9.53 Å². The average Bonchev–Trinajstić information content (AvgIpc) is 3.93. The van der Waals surface area contributed by atoms with Gasteiger partial charge >= 0.3 is 6.09 Å². The number of hydrogen-bond acceptors (Lipinski definition) is 7. The van der Waals surface area contributed by atoms with Gasteiger partial charge in [-0.2, -0.15) is 0 Å². The van der Waals surface area contributed by atoms with Gasteiger partial charge in [-0.3, -0.25) is 4.79 Å². The Labute approximate surface area is 321 Å². The summed E-state index contributed by atoms with van der Waals surface area (Å²) in [6.45, 7) is 5.42. The van der Waals surface area contributed by atoms with Crippen LogP contribution in [0.5, 0.6) is 0 Å². The summed E-state index contributed by atoms with van der Waals surface area (Å²) in [5.74, 6) is 13.7. The van der Waals surface area contributed by atoms with Crippen molar-refractivity contribution in [2.24, 2.45) is 5.92 Å². The quantitative estimate of drug-likeness (QED) is 0.141. The van der Waals surface area contributed by atoms with E-state index in [1.807, 2.05) is 55.3 Å². The third kappa shape index (κ3) is 10.2. The Morgan fingerprint density at radius 2 is 1.73 bits per heavy atom. The molecule has 6 rings (SSSR count). The number of nitrogens with zero attached hydrogens (tertiary/aromatic N) is 3. The molecule has 2 aromatic carbocycles. The van der Waals surface area contributed by atoms with Gasteiger partial charge < -0.3 is 30.2 Å². The van der Waals surface area contributed by atoms with E-state index in [-0.39, 0.29) is 61.1 Å². The second-order valence-electron chi connectivity index (χ2n) is 12.2. The van der Waals surface area contributed by atoms with Crippen molar-refractivity contribution in [1.29, 1.82) is 0 Å². The highest BCUT2D eigenvalue weighted by atomic mass is 35.5. The van der Waals surface area contributed by atoms with Crippen LogP contribution < -0.4 is 10.6 Å². The minimum atomic E-state index is -0.686. The van der Waals surface area contributed by atoms with E-state index in [0.29, 0.717) is 6.54 Å². The minimum Gasteiger partial charge on any atom is -0.453 e. The van der Waals surface area contributed by atoms with Crippen molar-refractivity contribution >= 4 is 61.0 Å². The third-order valence-corrected chi connectivity index (χ3v) is 9.61. The first-order valence-corrected chi connectivity index (χ1v) is 17.1. The van der Waals surface area contributed by atoms with Crippen LogP contribution in [0.15, 0.2) is 70.7 Å². The van der Waals surface area contributed by atoms with Crippen LogP contribution in [0, 0.1) is 29.6 Å². The number of ether oxygens (including phenoxy) is 1. The summed E-state index contributed by atoms with van der Waals surface area (Å²) in [5, 5.41) is 6.15. The van der Waals surface area contributed by atoms with E-state index in [1.165, 1.54) is 7.11 Å². The molecule has 2 aliphatic heterocycles. The van der Waals surface area contributed by atoms with Gasteiger partial charge in [0, 0.05) is 27.5 Å². The number of hydrogen-bond donors (Lipinski definition) is 4. The molecule has 4 N–H and O–H groups in total. The van der Waals surface area contributed by atoms with E-state index in [9.17, 15) is 9.59 Å². The number of amides is 2. The van der Waals surface area contributed by atoms with Crippen molar-refractivity contribution in [3.63, 3.8) is 0 Å². The first-order chi connectivity index (χ1) is 23.4. The Morgan fingerprint density at radius 3 is 2.45 bits per heavy atom. The number of halogens is 3. The molecule has 10 nitrogen and oxygen atoms in total. The first-order valence-electron chi connectivity index (χ1n) is 16.3. The number of imidazole rings is 2. The number of nitrogens with one attached hydrogen (secondary N) is 4. The molecular weight excluding hydrogens is 729 g/mol. The van der Waals surface area contributed by atoms with E-state index in [0.717, 1.165) is 76.2 Å². The Kier molecular flexibility index (Phi) is 15.8. The molecule has 3 atom stereocenters. The maximum Gasteiger partial charge on any atom is 0.407 e. The van der Waals surface area contributed by atoms with Crippen LogP contribution in [0.4, 0.5) is 4.79 Å². The molecule has 4 aromatic rings. The van der Waals surface area contributed by atoms with E-state index in [4.69, 9.17) is 9.72 Å². The van der Waals surface area contributed by atoms with Gasteiger partial charge in [-0.25, -0.2) is 14.8 Å². The van der Waals surface area contributed by atoms with Crippen molar-refractivity contribution in [1.82, 2.24) is 35.5 Å². The number of aromatic amines is 2. The molecule has 4 heterocycles. The normalized spacial score (nSPS) is 16.7. The van der Waals surface area contributed by atoms with Gasteiger partial charge in [0.2, 0.25) is 5.91 Å². The van der Waals surface area contributed by atoms with Gasteiger partial charge in [0.25, 0.3) is 0 Å². The van der Waals surface area contributed by atoms with Gasteiger partial charge in [0.05, 0.1) is 37.3 Å². The maximum atomic E-state index is 13.6. The van der Waals surface area contributed by atoms with Crippen molar-refractivity contribution < 1.29 is 14.3 Å². The molecule has 0 aliphatic carbocycles. The summed E-state index contributed by atoms with van der Waals surface area (Å²) in [5.41, 5.74) is 3.42. The fourth-order valence-electron chi connectivity index (χ4n) is 6.03. The van der Waals surface area contributed by atoms with Gasteiger partial charge in [-0.1, -0.05) is 55.8 Å². The Bertz CT molecular complexity index is 1890. The Balaban J connectivity index is 0.00000234. The van der Waals surface area contributed by atoms with Crippen LogP contribution in [0.25, 0.3) is 11.3 Å². The highest BCUT2D eigenvalue weighted by molar-refractivity contribution is 7.99. The summed E-state index contributed by atoms with van der Waals surface area (Å²) in [7, 11) is 1.30. The van der Waals surface area contributed by atoms with Gasteiger partial charge in [-0.15, -0.1) is 37.2 Å². The summed E-state index contributed by atoms with van der Waals surface area (Å²) in [6, 6.07) is 15.7. The zero-order chi connectivity index (χ0) is 33.5. The van der Waals surface area contributed by atoms with E-state index < -0.39 is 12.1 Å². The molecule has 0 bridgehead atoms. The molecule has 2 saturated heterocycles. The van der Waals surface area contributed by atoms with Gasteiger partial charge in [0.15, 0.2) is 0 Å². The van der Waals surface area contributed by atoms with Crippen molar-refractivity contribution in [3.8, 4) is 34.9 Å². The van der Waals surface area contributed by atoms with Crippen LogP contribution in [0.1, 0.15) is 74.5 Å². The van der Waals surface area contributed by atoms with E-state index >= 15 is 0 Å². The van der Waals surface area contributed by atoms with Crippen molar-refractivity contribution in [3.05, 3.63) is 83.8 Å². The Hall–Kier alpha value is -4.10. The highest BCUT2D eigenvalue weighted by Crippen LogP contribution is 2.35. The summed E-state index contributed by atoms with van der Waals surface area (Å²) in [4.78, 5) is 45.4. The number of carbonyl (C=O) groups excluding carboxylic acids is 2. The topological polar surface area (TPSA) is 128 Å². The Morgan fingerprint density at radius 1 is 0.961 bits per heavy atom. The molecule has 2 fully saturated rings. The van der Waals surface area contributed by atoms with Crippen molar-refractivity contribution in [2.75, 3.05) is 20.2 Å². The number of H-pyrrole nitrogens is 2. The van der Waals surface area contributed by atoms with E-state index in [2.05, 4.69) is 67.5 Å². The minimum absolute atomic E-state index is 0. The standard InChI is InChI=1S/C37H39N7O3S.3ClH/c1-24(2)33(43-37(46)47-3)36(45)44-20-10-16-31(44)35-40-23-30(42-35)26-18-17-25(32(21-26)48-28-13-5-4-6-14-28)11-7-8-12-27-22-39-34(41-27)29-15-9-19-38-29;;;/h4-6,13-14,17-18,21-24,29,31,33,38H,9-10,15-16,19-20H2,1-3H3,(H,39,41)(H,40,42)(H,43,46);3*1H/t29?,31?,33-;;;/m0.../s1. The average molecular weight is 771 g/mol. The molecule has 0 radical (unpaired) electrons. The number of likely N-dealkylation sites (tertiary alicyclic amines) is 1. The molecule has 2 aliphatic rings. The van der Waals surface area contributed by atoms with Gasteiger partial charge in [-0.05, 0) is 80.2 Å². The largest absolute Gasteiger partial charge is 0.453 e. The highest BCUT2D eigenvalue weighted by Gasteiger charge is 2.37. The number of methoxy groups -OCH3 is 1. The molecule has 14 heteroatoms. The zero-order valence-corrected chi connectivity index (χ0v) is 31.8. The number of aromatic nitrogens is 4. The second kappa shape index (κ2) is 19.5. The molecule has 270 valence electrons. The summed E-state index contributed by atoms with van der Waals surface area (Å²) in [6.07, 6.45) is 6.81. The maximum absolute atomic E-state index is 13.6. The second-order valence-corrected chi connectivity index (χ2v) is 13.3. The van der Waals surface area contributed by atoms with Crippen molar-refractivity contribution in [2.45, 2.75) is 67.4 Å². The fourth-order valence-corrected chi connectivity index (χ4v) is 6.99. The number of benzene rings is 2. The molecular formula is C37H42Cl3N7O3S. The molecule has 2 unspecified atom stereocenters. The molecule has 51 heavy (non-hydrogen) atoms. The molecule has 2 aromatic heterocycles. The molecule has 0 saturated carbocycles. The van der Waals surface area contributed by atoms with Crippen LogP contribution in [0.3, 0.4) is 0 Å². The monoisotopic (exact) mass is 769 g/mol. The lowest BCUT2D eigenvalue weighted by Gasteiger charge is -2.30. The smallest absolute Gasteiger partial charge is 0.407 e.